The molecule has 0 bridgehead atoms. The lowest BCUT2D eigenvalue weighted by atomic mass is 10.5. The lowest BCUT2D eigenvalue weighted by molar-refractivity contribution is 0.381. The van der Waals surface area contributed by atoms with Crippen LogP contribution < -0.4 is 5.43 Å². The lowest BCUT2D eigenvalue weighted by Crippen LogP contribution is -1.89. The monoisotopic (exact) mass is 204 g/mol. The molecule has 6 heteroatoms. The first-order valence-electron chi connectivity index (χ1n) is 3.15. The minimum Gasteiger partial charge on any atom is -0.290 e. The fraction of sp³-hybridized carbons (Fsp3) is 0. The number of rotatable bonds is 0. The van der Waals surface area contributed by atoms with Crippen LogP contribution in [0.2, 0.25) is 0 Å². The molecule has 1 aromatic carbocycles. The van der Waals surface area contributed by atoms with Crippen LogP contribution in [-0.4, -0.2) is 17.5 Å². The molecule has 0 amide bonds. The number of hydrogen-bond donors (Lipinski definition) is 2. The summed E-state index contributed by atoms with van der Waals surface area (Å²) in [6.07, 6.45) is 0. The van der Waals surface area contributed by atoms with Crippen molar-refractivity contribution >= 4 is 10.4 Å². The van der Waals surface area contributed by atoms with Crippen molar-refractivity contribution in [3.8, 4) is 0 Å². The van der Waals surface area contributed by atoms with E-state index in [1.807, 2.05) is 12.1 Å². The molecule has 0 aliphatic rings. The van der Waals surface area contributed by atoms with Gasteiger partial charge in [0, 0.05) is 0 Å². The first-order valence-corrected chi connectivity index (χ1v) is 4.54. The summed E-state index contributed by atoms with van der Waals surface area (Å²) in [6, 6.07) is 10.1. The zero-order valence-electron chi connectivity index (χ0n) is 6.49. The predicted octanol–water partition coefficient (Wildman–Crippen LogP) is 0.394. The average molecular weight is 204 g/mol. The Labute approximate surface area is 75.2 Å². The third-order valence-electron chi connectivity index (χ3n) is 0.854. The van der Waals surface area contributed by atoms with Crippen LogP contribution in [0, 0.1) is 0 Å². The second kappa shape index (κ2) is 5.41. The number of hydrogen-bond acceptors (Lipinski definition) is 3. The van der Waals surface area contributed by atoms with E-state index < -0.39 is 10.4 Å². The quantitative estimate of drug-likeness (QED) is 0.596. The van der Waals surface area contributed by atoms with Crippen LogP contribution >= 0.6 is 0 Å². The molecule has 0 aliphatic heterocycles. The molecule has 0 heterocycles. The van der Waals surface area contributed by atoms with E-state index in [1.54, 1.807) is 12.1 Å². The van der Waals surface area contributed by atoms with Crippen molar-refractivity contribution in [2.45, 2.75) is 0 Å². The molecular weight excluding hydrogens is 196 g/mol. The van der Waals surface area contributed by atoms with E-state index in [-0.39, 0.29) is 5.43 Å². The Bertz CT molecular complexity index is 368. The molecule has 72 valence electrons. The van der Waals surface area contributed by atoms with Gasteiger partial charge in [-0.2, -0.15) is 8.42 Å². The summed E-state index contributed by atoms with van der Waals surface area (Å²) in [4.78, 5) is 10.5. The van der Waals surface area contributed by atoms with Gasteiger partial charge < -0.3 is 0 Å². The summed E-state index contributed by atoms with van der Waals surface area (Å²) >= 11 is 0. The minimum atomic E-state index is -4.67. The maximum Gasteiger partial charge on any atom is 0.394 e. The van der Waals surface area contributed by atoms with Crippen LogP contribution in [-0.2, 0) is 10.4 Å². The highest BCUT2D eigenvalue weighted by molar-refractivity contribution is 7.79. The van der Waals surface area contributed by atoms with Gasteiger partial charge >= 0.3 is 10.4 Å². The van der Waals surface area contributed by atoms with Gasteiger partial charge in [0.15, 0.2) is 5.43 Å². The zero-order valence-corrected chi connectivity index (χ0v) is 7.31. The van der Waals surface area contributed by atoms with Crippen molar-refractivity contribution in [3.05, 3.63) is 46.6 Å². The van der Waals surface area contributed by atoms with E-state index in [2.05, 4.69) is 0 Å². The summed E-state index contributed by atoms with van der Waals surface area (Å²) in [5.74, 6) is 0. The topological polar surface area (TPSA) is 91.7 Å². The molecule has 0 fully saturated rings. The molecule has 0 saturated heterocycles. The average Bonchev–Trinajstić information content (AvgIpc) is 2.12. The molecule has 0 spiro atoms. The summed E-state index contributed by atoms with van der Waals surface area (Å²) < 4.78 is 31.6. The molecule has 5 nitrogen and oxygen atoms in total. The standard InChI is InChI=1S/C7H6O.H2O4S/c8-7-5-3-1-2-4-6-7;1-5(2,3)4/h1-6H;(H2,1,2,3,4). The summed E-state index contributed by atoms with van der Waals surface area (Å²) in [5.41, 5.74) is 0.0509. The van der Waals surface area contributed by atoms with E-state index in [1.165, 1.54) is 12.1 Å². The summed E-state index contributed by atoms with van der Waals surface area (Å²) in [7, 11) is -4.67. The SMILES string of the molecule is O=S(=O)(O)O.O=c1cccccc1. The van der Waals surface area contributed by atoms with E-state index in [0.717, 1.165) is 0 Å². The Kier molecular flexibility index (Phi) is 4.90. The van der Waals surface area contributed by atoms with Crippen molar-refractivity contribution in [1.29, 1.82) is 0 Å². The molecule has 2 N–H and O–H groups in total. The smallest absolute Gasteiger partial charge is 0.290 e. The highest BCUT2D eigenvalue weighted by Gasteiger charge is 1.84. The summed E-state index contributed by atoms with van der Waals surface area (Å²) in [6.45, 7) is 0. The fourth-order valence-corrected chi connectivity index (χ4v) is 0.485. The minimum absolute atomic E-state index is 0.0509. The van der Waals surface area contributed by atoms with Crippen LogP contribution in [0.25, 0.3) is 0 Å². The third-order valence-corrected chi connectivity index (χ3v) is 0.854. The van der Waals surface area contributed by atoms with Crippen molar-refractivity contribution in [2.24, 2.45) is 0 Å². The van der Waals surface area contributed by atoms with Gasteiger partial charge in [0.25, 0.3) is 0 Å². The van der Waals surface area contributed by atoms with Gasteiger partial charge in [-0.05, 0) is 12.1 Å². The fourth-order valence-electron chi connectivity index (χ4n) is 0.485. The molecular formula is C7H8O5S. The zero-order chi connectivity index (χ0) is 10.3. The molecule has 0 saturated carbocycles. The van der Waals surface area contributed by atoms with E-state index in [9.17, 15) is 4.79 Å². The van der Waals surface area contributed by atoms with E-state index >= 15 is 0 Å². The highest BCUT2D eigenvalue weighted by Crippen LogP contribution is 1.73. The Hall–Kier alpha value is -1.24. The predicted molar refractivity (Wildman–Crippen MR) is 46.9 cm³/mol. The largest absolute Gasteiger partial charge is 0.394 e. The second-order valence-electron chi connectivity index (χ2n) is 1.95. The third kappa shape index (κ3) is 13.7. The maximum absolute atomic E-state index is 10.5. The second-order valence-corrected chi connectivity index (χ2v) is 2.85. The molecule has 0 aliphatic carbocycles. The highest BCUT2D eigenvalue weighted by atomic mass is 32.3. The van der Waals surface area contributed by atoms with Gasteiger partial charge in [0.2, 0.25) is 0 Å². The Morgan fingerprint density at radius 3 is 1.54 bits per heavy atom. The molecule has 0 unspecified atom stereocenters. The van der Waals surface area contributed by atoms with Gasteiger partial charge in [-0.15, -0.1) is 0 Å². The van der Waals surface area contributed by atoms with Crippen molar-refractivity contribution in [2.75, 3.05) is 0 Å². The van der Waals surface area contributed by atoms with Crippen LogP contribution in [0.1, 0.15) is 0 Å². The molecule has 13 heavy (non-hydrogen) atoms. The molecule has 0 radical (unpaired) electrons. The normalized spacial score (nSPS) is 9.69. The van der Waals surface area contributed by atoms with Gasteiger partial charge in [-0.25, -0.2) is 0 Å². The van der Waals surface area contributed by atoms with Gasteiger partial charge in [0.05, 0.1) is 0 Å². The van der Waals surface area contributed by atoms with Crippen LogP contribution in [0.15, 0.2) is 41.2 Å². The first-order chi connectivity index (χ1) is 5.89. The lowest BCUT2D eigenvalue weighted by Gasteiger charge is -1.68. The molecule has 0 aromatic heterocycles. The van der Waals surface area contributed by atoms with Gasteiger partial charge in [-0.3, -0.25) is 13.9 Å². The summed E-state index contributed by atoms with van der Waals surface area (Å²) in [5, 5.41) is 0. The van der Waals surface area contributed by atoms with Gasteiger partial charge in [-0.1, -0.05) is 24.3 Å². The molecule has 0 atom stereocenters. The van der Waals surface area contributed by atoms with Crippen LogP contribution in [0.3, 0.4) is 0 Å². The van der Waals surface area contributed by atoms with Crippen molar-refractivity contribution in [1.82, 2.24) is 0 Å². The molecule has 1 rings (SSSR count). The molecule has 1 aromatic rings. The van der Waals surface area contributed by atoms with E-state index in [0.29, 0.717) is 0 Å². The van der Waals surface area contributed by atoms with Gasteiger partial charge in [0.1, 0.15) is 0 Å². The Morgan fingerprint density at radius 1 is 0.923 bits per heavy atom. The van der Waals surface area contributed by atoms with Crippen LogP contribution in [0.4, 0.5) is 0 Å². The van der Waals surface area contributed by atoms with Crippen LogP contribution in [0.5, 0.6) is 0 Å². The Morgan fingerprint density at radius 2 is 1.23 bits per heavy atom. The van der Waals surface area contributed by atoms with Crippen molar-refractivity contribution in [3.63, 3.8) is 0 Å². The first kappa shape index (κ1) is 11.8. The van der Waals surface area contributed by atoms with E-state index in [4.69, 9.17) is 17.5 Å². The van der Waals surface area contributed by atoms with Crippen molar-refractivity contribution < 1.29 is 17.5 Å². The maximum atomic E-state index is 10.5. The Balaban J connectivity index is 0.000000252.